The molecule has 102 valence electrons. The smallest absolute Gasteiger partial charge is 0.344 e. The molecule has 0 spiro atoms. The average molecular weight is 284 g/mol. The summed E-state index contributed by atoms with van der Waals surface area (Å²) in [5, 5.41) is 0. The van der Waals surface area contributed by atoms with Gasteiger partial charge in [0.05, 0.1) is 11.5 Å². The van der Waals surface area contributed by atoms with Gasteiger partial charge in [0.15, 0.2) is 0 Å². The van der Waals surface area contributed by atoms with Crippen molar-refractivity contribution in [2.45, 2.75) is 11.8 Å². The third-order valence-electron chi connectivity index (χ3n) is 2.71. The Bertz CT molecular complexity index is 588. The van der Waals surface area contributed by atoms with Crippen LogP contribution in [0.1, 0.15) is 6.92 Å². The monoisotopic (exact) mass is 284 g/mol. The van der Waals surface area contributed by atoms with Crippen LogP contribution in [0.2, 0.25) is 0 Å². The summed E-state index contributed by atoms with van der Waals surface area (Å²) < 4.78 is 4.91. The molecule has 0 heterocycles. The highest BCUT2D eigenvalue weighted by molar-refractivity contribution is 8.04. The number of rotatable bonds is 5. The van der Waals surface area contributed by atoms with Gasteiger partial charge in [-0.25, -0.2) is 4.79 Å². The molecular weight excluding hydrogens is 268 g/mol. The highest BCUT2D eigenvalue weighted by Crippen LogP contribution is 2.28. The second kappa shape index (κ2) is 6.96. The molecule has 20 heavy (non-hydrogen) atoms. The molecular formula is C17H16O2S. The zero-order valence-corrected chi connectivity index (χ0v) is 12.2. The predicted molar refractivity (Wildman–Crippen MR) is 83.5 cm³/mol. The molecule has 0 aliphatic rings. The SMILES string of the molecule is C=C(Sc1ccc(-c2ccccc2)cc1)C(=O)OCC. The first-order chi connectivity index (χ1) is 9.70. The van der Waals surface area contributed by atoms with Crippen LogP contribution in [-0.2, 0) is 9.53 Å². The normalized spacial score (nSPS) is 10.1. The summed E-state index contributed by atoms with van der Waals surface area (Å²) in [5.74, 6) is -0.357. The van der Waals surface area contributed by atoms with E-state index in [4.69, 9.17) is 4.74 Å². The van der Waals surface area contributed by atoms with E-state index in [1.165, 1.54) is 17.3 Å². The standard InChI is InChI=1S/C17H16O2S/c1-3-19-17(18)13(2)20-16-11-9-15(10-12-16)14-7-5-4-6-8-14/h4-12H,2-3H2,1H3. The number of hydrogen-bond donors (Lipinski definition) is 0. The van der Waals surface area contributed by atoms with Crippen molar-refractivity contribution in [2.24, 2.45) is 0 Å². The number of carbonyl (C=O) groups is 1. The van der Waals surface area contributed by atoms with E-state index in [-0.39, 0.29) is 5.97 Å². The van der Waals surface area contributed by atoms with Crippen molar-refractivity contribution in [2.75, 3.05) is 6.61 Å². The highest BCUT2D eigenvalue weighted by atomic mass is 32.2. The van der Waals surface area contributed by atoms with Crippen molar-refractivity contribution in [3.05, 3.63) is 66.1 Å². The van der Waals surface area contributed by atoms with Gasteiger partial charge in [-0.3, -0.25) is 0 Å². The Balaban J connectivity index is 2.06. The molecule has 0 aromatic heterocycles. The number of ether oxygens (including phenoxy) is 1. The first-order valence-corrected chi connectivity index (χ1v) is 7.21. The van der Waals surface area contributed by atoms with Crippen LogP contribution >= 0.6 is 11.8 Å². The number of esters is 1. The summed E-state index contributed by atoms with van der Waals surface area (Å²) in [6, 6.07) is 18.2. The van der Waals surface area contributed by atoms with Crippen LogP contribution in [-0.4, -0.2) is 12.6 Å². The van der Waals surface area contributed by atoms with Crippen molar-refractivity contribution >= 4 is 17.7 Å². The predicted octanol–water partition coefficient (Wildman–Crippen LogP) is 4.52. The molecule has 2 aromatic rings. The fourth-order valence-electron chi connectivity index (χ4n) is 1.74. The van der Waals surface area contributed by atoms with Crippen molar-refractivity contribution in [3.63, 3.8) is 0 Å². The Morgan fingerprint density at radius 1 is 1.05 bits per heavy atom. The van der Waals surface area contributed by atoms with Crippen molar-refractivity contribution in [1.29, 1.82) is 0 Å². The molecule has 0 aliphatic heterocycles. The van der Waals surface area contributed by atoms with Gasteiger partial charge < -0.3 is 4.74 Å². The van der Waals surface area contributed by atoms with E-state index in [0.717, 1.165) is 10.5 Å². The van der Waals surface area contributed by atoms with Crippen LogP contribution < -0.4 is 0 Å². The fourth-order valence-corrected chi connectivity index (χ4v) is 2.44. The topological polar surface area (TPSA) is 26.3 Å². The third kappa shape index (κ3) is 3.75. The second-order valence-electron chi connectivity index (χ2n) is 4.14. The largest absolute Gasteiger partial charge is 0.462 e. The van der Waals surface area contributed by atoms with Gasteiger partial charge in [0.2, 0.25) is 0 Å². The van der Waals surface area contributed by atoms with Crippen LogP contribution in [0, 0.1) is 0 Å². The summed E-state index contributed by atoms with van der Waals surface area (Å²) >= 11 is 1.33. The molecule has 0 atom stereocenters. The maximum absolute atomic E-state index is 11.5. The Morgan fingerprint density at radius 2 is 1.65 bits per heavy atom. The lowest BCUT2D eigenvalue weighted by Gasteiger charge is -2.06. The van der Waals surface area contributed by atoms with Gasteiger partial charge in [0.25, 0.3) is 0 Å². The Morgan fingerprint density at radius 3 is 2.25 bits per heavy atom. The van der Waals surface area contributed by atoms with Gasteiger partial charge in [-0.05, 0) is 30.2 Å². The number of benzene rings is 2. The van der Waals surface area contributed by atoms with Crippen LogP contribution in [0.4, 0.5) is 0 Å². The minimum atomic E-state index is -0.357. The zero-order valence-electron chi connectivity index (χ0n) is 11.3. The van der Waals surface area contributed by atoms with E-state index in [2.05, 4.69) is 18.7 Å². The Labute approximate surface area is 123 Å². The molecule has 3 heteroatoms. The van der Waals surface area contributed by atoms with Crippen LogP contribution in [0.3, 0.4) is 0 Å². The van der Waals surface area contributed by atoms with Gasteiger partial charge in [-0.15, -0.1) is 0 Å². The highest BCUT2D eigenvalue weighted by Gasteiger charge is 2.09. The van der Waals surface area contributed by atoms with Crippen molar-refractivity contribution in [3.8, 4) is 11.1 Å². The summed E-state index contributed by atoms with van der Waals surface area (Å²) in [4.78, 5) is 12.9. The molecule has 0 amide bonds. The van der Waals surface area contributed by atoms with Crippen molar-refractivity contribution < 1.29 is 9.53 Å². The van der Waals surface area contributed by atoms with E-state index in [1.807, 2.05) is 42.5 Å². The Kier molecular flexibility index (Phi) is 5.02. The van der Waals surface area contributed by atoms with Crippen LogP contribution in [0.25, 0.3) is 11.1 Å². The molecule has 0 saturated heterocycles. The molecule has 0 fully saturated rings. The quantitative estimate of drug-likeness (QED) is 0.458. The maximum atomic E-state index is 11.5. The lowest BCUT2D eigenvalue weighted by atomic mass is 10.1. The molecule has 2 nitrogen and oxygen atoms in total. The minimum Gasteiger partial charge on any atom is -0.462 e. The van der Waals surface area contributed by atoms with E-state index in [9.17, 15) is 4.79 Å². The first kappa shape index (κ1) is 14.4. The molecule has 0 N–H and O–H groups in total. The number of carbonyl (C=O) groups excluding carboxylic acids is 1. The minimum absolute atomic E-state index is 0.357. The van der Waals surface area contributed by atoms with Gasteiger partial charge in [-0.2, -0.15) is 0 Å². The third-order valence-corrected chi connectivity index (χ3v) is 3.63. The molecule has 0 saturated carbocycles. The summed E-state index contributed by atoms with van der Waals surface area (Å²) in [5.41, 5.74) is 2.32. The van der Waals surface area contributed by atoms with Gasteiger partial charge >= 0.3 is 5.97 Å². The number of thioether (sulfide) groups is 1. The molecule has 2 aromatic carbocycles. The maximum Gasteiger partial charge on any atom is 0.344 e. The van der Waals surface area contributed by atoms with E-state index < -0.39 is 0 Å². The van der Waals surface area contributed by atoms with Crippen molar-refractivity contribution in [1.82, 2.24) is 0 Å². The molecule has 0 aliphatic carbocycles. The lowest BCUT2D eigenvalue weighted by molar-refractivity contribution is -0.137. The molecule has 2 rings (SSSR count). The van der Waals surface area contributed by atoms with Gasteiger partial charge in [-0.1, -0.05) is 60.8 Å². The van der Waals surface area contributed by atoms with Gasteiger partial charge in [0, 0.05) is 4.90 Å². The second-order valence-corrected chi connectivity index (χ2v) is 5.30. The first-order valence-electron chi connectivity index (χ1n) is 6.40. The lowest BCUT2D eigenvalue weighted by Crippen LogP contribution is -2.03. The molecule has 0 bridgehead atoms. The van der Waals surface area contributed by atoms with E-state index in [1.54, 1.807) is 6.92 Å². The Hall–Kier alpha value is -2.00. The van der Waals surface area contributed by atoms with Gasteiger partial charge in [0.1, 0.15) is 0 Å². The summed E-state index contributed by atoms with van der Waals surface area (Å²) in [7, 11) is 0. The van der Waals surface area contributed by atoms with E-state index >= 15 is 0 Å². The zero-order chi connectivity index (χ0) is 14.4. The molecule has 0 unspecified atom stereocenters. The summed E-state index contributed by atoms with van der Waals surface area (Å²) in [6.07, 6.45) is 0. The van der Waals surface area contributed by atoms with Crippen LogP contribution in [0.15, 0.2) is 71.0 Å². The number of hydrogen-bond acceptors (Lipinski definition) is 3. The average Bonchev–Trinajstić information content (AvgIpc) is 2.49. The fraction of sp³-hybridized carbons (Fsp3) is 0.118. The van der Waals surface area contributed by atoms with Crippen LogP contribution in [0.5, 0.6) is 0 Å². The summed E-state index contributed by atoms with van der Waals surface area (Å²) in [6.45, 7) is 5.89. The van der Waals surface area contributed by atoms with E-state index in [0.29, 0.717) is 11.5 Å². The molecule has 0 radical (unpaired) electrons.